The average Bonchev–Trinajstić information content (AvgIpc) is 2.30. The first-order valence-corrected chi connectivity index (χ1v) is 5.67. The van der Waals surface area contributed by atoms with Gasteiger partial charge in [-0.3, -0.25) is 0 Å². The summed E-state index contributed by atoms with van der Waals surface area (Å²) in [7, 11) is 0. The van der Waals surface area contributed by atoms with E-state index in [-0.39, 0.29) is 5.82 Å². The number of aryl methyl sites for hydroxylation is 2. The number of hydrogen-bond acceptors (Lipinski definition) is 2. The first kappa shape index (κ1) is 11.9. The number of pyridine rings is 1. The van der Waals surface area contributed by atoms with Crippen molar-refractivity contribution in [3.05, 3.63) is 58.5 Å². The van der Waals surface area contributed by atoms with Gasteiger partial charge in [0.25, 0.3) is 0 Å². The monoisotopic (exact) mass is 250 g/mol. The topological polar surface area (TPSA) is 38.9 Å². The van der Waals surface area contributed by atoms with E-state index in [1.165, 1.54) is 6.07 Å². The number of halogens is 2. The van der Waals surface area contributed by atoms with Gasteiger partial charge in [-0.1, -0.05) is 11.6 Å². The van der Waals surface area contributed by atoms with Gasteiger partial charge in [-0.2, -0.15) is 0 Å². The fraction of sp³-hybridized carbons (Fsp3) is 0.154. The van der Waals surface area contributed by atoms with Gasteiger partial charge in [-0.25, -0.2) is 9.37 Å². The van der Waals surface area contributed by atoms with Crippen molar-refractivity contribution in [1.82, 2.24) is 4.98 Å². The summed E-state index contributed by atoms with van der Waals surface area (Å²) in [5.74, 6) is 0.255. The van der Waals surface area contributed by atoms with Crippen LogP contribution in [0.15, 0.2) is 36.5 Å². The van der Waals surface area contributed by atoms with Crippen LogP contribution >= 0.6 is 11.6 Å². The van der Waals surface area contributed by atoms with Crippen molar-refractivity contribution in [2.75, 3.05) is 5.73 Å². The summed E-state index contributed by atoms with van der Waals surface area (Å²) in [5, 5.41) is 0.552. The highest BCUT2D eigenvalue weighted by Crippen LogP contribution is 2.17. The molecule has 0 aliphatic carbocycles. The lowest BCUT2D eigenvalue weighted by atomic mass is 10.0. The Balaban J connectivity index is 2.09. The minimum Gasteiger partial charge on any atom is -0.384 e. The molecule has 0 saturated carbocycles. The molecule has 0 fully saturated rings. The largest absolute Gasteiger partial charge is 0.384 e. The number of benzene rings is 1. The van der Waals surface area contributed by atoms with Crippen LogP contribution in [0.4, 0.5) is 10.2 Å². The third-order valence-corrected chi connectivity index (χ3v) is 2.77. The zero-order chi connectivity index (χ0) is 12.3. The van der Waals surface area contributed by atoms with Crippen molar-refractivity contribution >= 4 is 17.4 Å². The molecule has 2 rings (SSSR count). The van der Waals surface area contributed by atoms with E-state index in [1.807, 2.05) is 6.07 Å². The van der Waals surface area contributed by atoms with Gasteiger partial charge in [0.05, 0.1) is 0 Å². The van der Waals surface area contributed by atoms with E-state index in [1.54, 1.807) is 24.4 Å². The molecule has 17 heavy (non-hydrogen) atoms. The van der Waals surface area contributed by atoms with E-state index in [4.69, 9.17) is 17.3 Å². The maximum atomic E-state index is 13.5. The third-order valence-electron chi connectivity index (χ3n) is 2.54. The van der Waals surface area contributed by atoms with Crippen molar-refractivity contribution in [1.29, 1.82) is 0 Å². The fourth-order valence-electron chi connectivity index (χ4n) is 1.66. The summed E-state index contributed by atoms with van der Waals surface area (Å²) in [6.07, 6.45) is 2.96. The molecule has 2 aromatic rings. The molecule has 0 spiro atoms. The number of nitrogens with two attached hydrogens (primary N) is 1. The molecular weight excluding hydrogens is 239 g/mol. The summed E-state index contributed by atoms with van der Waals surface area (Å²) in [6.45, 7) is 0. The molecule has 2 nitrogen and oxygen atoms in total. The first-order valence-electron chi connectivity index (χ1n) is 5.29. The Morgan fingerprint density at radius 3 is 2.76 bits per heavy atom. The maximum absolute atomic E-state index is 13.5. The quantitative estimate of drug-likeness (QED) is 0.908. The summed E-state index contributed by atoms with van der Waals surface area (Å²) in [4.78, 5) is 3.91. The molecular formula is C13H12ClFN2. The van der Waals surface area contributed by atoms with Gasteiger partial charge in [-0.15, -0.1) is 0 Å². The minimum absolute atomic E-state index is 0.226. The lowest BCUT2D eigenvalue weighted by Gasteiger charge is -2.04. The van der Waals surface area contributed by atoms with Crippen LogP contribution < -0.4 is 5.73 Å². The average molecular weight is 251 g/mol. The number of anilines is 1. The van der Waals surface area contributed by atoms with Crippen LogP contribution in [0.1, 0.15) is 11.1 Å². The molecule has 0 bridgehead atoms. The Kier molecular flexibility index (Phi) is 3.59. The number of aromatic nitrogens is 1. The zero-order valence-corrected chi connectivity index (χ0v) is 9.91. The van der Waals surface area contributed by atoms with Crippen LogP contribution in [0.2, 0.25) is 5.02 Å². The van der Waals surface area contributed by atoms with Crippen molar-refractivity contribution in [2.45, 2.75) is 12.8 Å². The number of hydrogen-bond donors (Lipinski definition) is 1. The standard InChI is InChI=1S/C13H12ClFN2/c14-11-3-4-12(15)10(8-11)2-1-9-5-6-17-13(16)7-9/h3-8H,1-2H2,(H2,16,17). The SMILES string of the molecule is Nc1cc(CCc2cc(Cl)ccc2F)ccn1. The first-order chi connectivity index (χ1) is 8.15. The molecule has 0 radical (unpaired) electrons. The van der Waals surface area contributed by atoms with E-state index in [2.05, 4.69) is 4.98 Å². The molecule has 4 heteroatoms. The Morgan fingerprint density at radius 2 is 2.00 bits per heavy atom. The highest BCUT2D eigenvalue weighted by atomic mass is 35.5. The molecule has 0 amide bonds. The molecule has 2 N–H and O–H groups in total. The smallest absolute Gasteiger partial charge is 0.126 e. The summed E-state index contributed by atoms with van der Waals surface area (Å²) in [5.41, 5.74) is 7.23. The predicted molar refractivity (Wildman–Crippen MR) is 67.5 cm³/mol. The summed E-state index contributed by atoms with van der Waals surface area (Å²) in [6, 6.07) is 8.26. The second-order valence-corrected chi connectivity index (χ2v) is 4.26. The van der Waals surface area contributed by atoms with E-state index in [9.17, 15) is 4.39 Å². The number of nitrogens with zero attached hydrogens (tertiary/aromatic N) is 1. The molecule has 1 heterocycles. The second-order valence-electron chi connectivity index (χ2n) is 3.82. The predicted octanol–water partition coefficient (Wildman–Crippen LogP) is 3.24. The normalized spacial score (nSPS) is 10.5. The molecule has 0 saturated heterocycles. The molecule has 0 unspecified atom stereocenters. The van der Waals surface area contributed by atoms with Crippen LogP contribution in [0.25, 0.3) is 0 Å². The summed E-state index contributed by atoms with van der Waals surface area (Å²) < 4.78 is 13.5. The van der Waals surface area contributed by atoms with Gasteiger partial charge >= 0.3 is 0 Å². The van der Waals surface area contributed by atoms with E-state index >= 15 is 0 Å². The highest BCUT2D eigenvalue weighted by Gasteiger charge is 2.03. The van der Waals surface area contributed by atoms with E-state index < -0.39 is 0 Å². The van der Waals surface area contributed by atoms with Crippen molar-refractivity contribution in [3.63, 3.8) is 0 Å². The Labute approximate surface area is 104 Å². The Hall–Kier alpha value is -1.61. The minimum atomic E-state index is -0.226. The lowest BCUT2D eigenvalue weighted by molar-refractivity contribution is 0.608. The molecule has 0 atom stereocenters. The Morgan fingerprint density at radius 1 is 1.18 bits per heavy atom. The lowest BCUT2D eigenvalue weighted by Crippen LogP contribution is -1.97. The van der Waals surface area contributed by atoms with Crippen LogP contribution in [0.3, 0.4) is 0 Å². The summed E-state index contributed by atoms with van der Waals surface area (Å²) >= 11 is 5.83. The van der Waals surface area contributed by atoms with Gasteiger partial charge in [0, 0.05) is 11.2 Å². The maximum Gasteiger partial charge on any atom is 0.126 e. The van der Waals surface area contributed by atoms with Gasteiger partial charge in [0.15, 0.2) is 0 Å². The van der Waals surface area contributed by atoms with Gasteiger partial charge in [-0.05, 0) is 54.3 Å². The van der Waals surface area contributed by atoms with Crippen LogP contribution in [0, 0.1) is 5.82 Å². The van der Waals surface area contributed by atoms with Crippen LogP contribution in [-0.2, 0) is 12.8 Å². The van der Waals surface area contributed by atoms with Gasteiger partial charge in [0.2, 0.25) is 0 Å². The molecule has 1 aromatic heterocycles. The van der Waals surface area contributed by atoms with Crippen LogP contribution in [-0.4, -0.2) is 4.98 Å². The highest BCUT2D eigenvalue weighted by molar-refractivity contribution is 6.30. The Bertz CT molecular complexity index is 529. The molecule has 0 aliphatic rings. The van der Waals surface area contributed by atoms with Crippen molar-refractivity contribution < 1.29 is 4.39 Å². The van der Waals surface area contributed by atoms with Crippen molar-refractivity contribution in [2.24, 2.45) is 0 Å². The second kappa shape index (κ2) is 5.15. The fourth-order valence-corrected chi connectivity index (χ4v) is 1.86. The van der Waals surface area contributed by atoms with Gasteiger partial charge in [0.1, 0.15) is 11.6 Å². The third kappa shape index (κ3) is 3.17. The molecule has 1 aromatic carbocycles. The number of nitrogen functional groups attached to an aromatic ring is 1. The van der Waals surface area contributed by atoms with E-state index in [0.29, 0.717) is 29.2 Å². The van der Waals surface area contributed by atoms with Crippen LogP contribution in [0.5, 0.6) is 0 Å². The molecule has 88 valence electrons. The van der Waals surface area contributed by atoms with Crippen molar-refractivity contribution in [3.8, 4) is 0 Å². The zero-order valence-electron chi connectivity index (χ0n) is 9.16. The number of rotatable bonds is 3. The van der Waals surface area contributed by atoms with Gasteiger partial charge < -0.3 is 5.73 Å². The van der Waals surface area contributed by atoms with E-state index in [0.717, 1.165) is 5.56 Å². The molecule has 0 aliphatic heterocycles.